The van der Waals surface area contributed by atoms with Gasteiger partial charge in [-0.3, -0.25) is 14.6 Å². The summed E-state index contributed by atoms with van der Waals surface area (Å²) in [5, 5.41) is 0.832. The van der Waals surface area contributed by atoms with E-state index in [1.807, 2.05) is 37.3 Å². The van der Waals surface area contributed by atoms with Crippen molar-refractivity contribution in [3.8, 4) is 0 Å². The van der Waals surface area contributed by atoms with Gasteiger partial charge in [0.05, 0.1) is 16.7 Å². The number of nitrogens with zero attached hydrogens (tertiary/aromatic N) is 2. The number of carbonyl (C=O) groups is 2. The maximum absolute atomic E-state index is 12.7. The normalized spacial score (nSPS) is 19.2. The molecular formula is C18H21N3O2S. The molecule has 24 heavy (non-hydrogen) atoms. The SMILES string of the molecule is C[C@H](Sc1cccc2cccnc12)C(=O)N1CCC[C@H](C(N)=O)C1. The van der Waals surface area contributed by atoms with Crippen molar-refractivity contribution < 1.29 is 9.59 Å². The largest absolute Gasteiger partial charge is 0.369 e. The topological polar surface area (TPSA) is 76.3 Å². The quantitative estimate of drug-likeness (QED) is 0.865. The van der Waals surface area contributed by atoms with Gasteiger partial charge in [-0.15, -0.1) is 11.8 Å². The number of likely N-dealkylation sites (tertiary alicyclic amines) is 1. The van der Waals surface area contributed by atoms with E-state index in [0.29, 0.717) is 13.1 Å². The zero-order valence-corrected chi connectivity index (χ0v) is 14.5. The molecule has 1 saturated heterocycles. The Labute approximate surface area is 145 Å². The number of carbonyl (C=O) groups excluding carboxylic acids is 2. The highest BCUT2D eigenvalue weighted by Crippen LogP contribution is 2.31. The Kier molecular flexibility index (Phi) is 5.04. The van der Waals surface area contributed by atoms with Crippen LogP contribution >= 0.6 is 11.8 Å². The van der Waals surface area contributed by atoms with Gasteiger partial charge in [-0.2, -0.15) is 0 Å². The van der Waals surface area contributed by atoms with E-state index in [1.54, 1.807) is 11.1 Å². The highest BCUT2D eigenvalue weighted by Gasteiger charge is 2.29. The second-order valence-electron chi connectivity index (χ2n) is 6.12. The summed E-state index contributed by atoms with van der Waals surface area (Å²) < 4.78 is 0. The number of fused-ring (bicyclic) bond motifs is 1. The number of thioether (sulfide) groups is 1. The molecule has 1 aliphatic rings. The molecule has 2 heterocycles. The molecule has 2 aromatic rings. The third-order valence-electron chi connectivity index (χ3n) is 4.38. The number of aromatic nitrogens is 1. The number of amides is 2. The molecule has 6 heteroatoms. The van der Waals surface area contributed by atoms with E-state index < -0.39 is 0 Å². The van der Waals surface area contributed by atoms with Crippen LogP contribution in [0.3, 0.4) is 0 Å². The molecule has 1 aliphatic heterocycles. The van der Waals surface area contributed by atoms with E-state index in [0.717, 1.165) is 28.6 Å². The fourth-order valence-corrected chi connectivity index (χ4v) is 4.15. The van der Waals surface area contributed by atoms with Crippen LogP contribution < -0.4 is 5.73 Å². The Balaban J connectivity index is 1.73. The zero-order chi connectivity index (χ0) is 17.1. The van der Waals surface area contributed by atoms with Crippen LogP contribution in [-0.4, -0.2) is 40.0 Å². The Morgan fingerprint density at radius 1 is 1.33 bits per heavy atom. The summed E-state index contributed by atoms with van der Waals surface area (Å²) in [6, 6.07) is 9.91. The summed E-state index contributed by atoms with van der Waals surface area (Å²) >= 11 is 1.51. The first-order chi connectivity index (χ1) is 11.6. The molecule has 0 saturated carbocycles. The van der Waals surface area contributed by atoms with E-state index in [1.165, 1.54) is 11.8 Å². The lowest BCUT2D eigenvalue weighted by Crippen LogP contribution is -2.46. The zero-order valence-electron chi connectivity index (χ0n) is 13.6. The van der Waals surface area contributed by atoms with Crippen molar-refractivity contribution in [1.29, 1.82) is 0 Å². The Morgan fingerprint density at radius 2 is 2.12 bits per heavy atom. The number of pyridine rings is 1. The maximum Gasteiger partial charge on any atom is 0.235 e. The molecule has 0 unspecified atom stereocenters. The fourth-order valence-electron chi connectivity index (χ4n) is 3.08. The number of primary amides is 1. The summed E-state index contributed by atoms with van der Waals surface area (Å²) in [7, 11) is 0. The second kappa shape index (κ2) is 7.21. The molecule has 3 rings (SSSR count). The van der Waals surface area contributed by atoms with Crippen LogP contribution in [0.15, 0.2) is 41.4 Å². The molecule has 2 N–H and O–H groups in total. The molecular weight excluding hydrogens is 322 g/mol. The molecule has 0 aliphatic carbocycles. The van der Waals surface area contributed by atoms with Crippen LogP contribution in [0.25, 0.3) is 10.9 Å². The van der Waals surface area contributed by atoms with Gasteiger partial charge in [-0.05, 0) is 31.9 Å². The number of nitrogens with two attached hydrogens (primary N) is 1. The lowest BCUT2D eigenvalue weighted by molar-refractivity contribution is -0.134. The van der Waals surface area contributed by atoms with Crippen LogP contribution in [0.1, 0.15) is 19.8 Å². The second-order valence-corrected chi connectivity index (χ2v) is 7.50. The van der Waals surface area contributed by atoms with Gasteiger partial charge < -0.3 is 10.6 Å². The first-order valence-electron chi connectivity index (χ1n) is 8.15. The number of hydrogen-bond acceptors (Lipinski definition) is 4. The van der Waals surface area contributed by atoms with Gasteiger partial charge in [-0.1, -0.05) is 18.2 Å². The van der Waals surface area contributed by atoms with Crippen LogP contribution in [0.4, 0.5) is 0 Å². The van der Waals surface area contributed by atoms with E-state index in [4.69, 9.17) is 5.73 Å². The molecule has 0 radical (unpaired) electrons. The van der Waals surface area contributed by atoms with Crippen LogP contribution in [0, 0.1) is 5.92 Å². The number of piperidine rings is 1. The summed E-state index contributed by atoms with van der Waals surface area (Å²) in [6.45, 7) is 3.04. The summed E-state index contributed by atoms with van der Waals surface area (Å²) in [4.78, 5) is 31.3. The number of hydrogen-bond donors (Lipinski definition) is 1. The van der Waals surface area contributed by atoms with Crippen molar-refractivity contribution in [1.82, 2.24) is 9.88 Å². The molecule has 2 amide bonds. The van der Waals surface area contributed by atoms with Crippen molar-refractivity contribution in [3.05, 3.63) is 36.5 Å². The number of rotatable bonds is 4. The first kappa shape index (κ1) is 16.8. The highest BCUT2D eigenvalue weighted by molar-refractivity contribution is 8.00. The summed E-state index contributed by atoms with van der Waals surface area (Å²) in [6.07, 6.45) is 3.36. The molecule has 0 spiro atoms. The van der Waals surface area contributed by atoms with Gasteiger partial charge in [0.25, 0.3) is 0 Å². The average Bonchev–Trinajstić information content (AvgIpc) is 2.61. The van der Waals surface area contributed by atoms with Crippen molar-refractivity contribution in [2.75, 3.05) is 13.1 Å². The Bertz CT molecular complexity index is 760. The van der Waals surface area contributed by atoms with Gasteiger partial charge in [-0.25, -0.2) is 0 Å². The Morgan fingerprint density at radius 3 is 2.92 bits per heavy atom. The predicted molar refractivity (Wildman–Crippen MR) is 95.6 cm³/mol. The number of para-hydroxylation sites is 1. The van der Waals surface area contributed by atoms with Crippen LogP contribution in [-0.2, 0) is 9.59 Å². The third-order valence-corrected chi connectivity index (χ3v) is 5.52. The molecule has 1 fully saturated rings. The van der Waals surface area contributed by atoms with Gasteiger partial charge in [0.2, 0.25) is 11.8 Å². The van der Waals surface area contributed by atoms with Crippen molar-refractivity contribution in [3.63, 3.8) is 0 Å². The standard InChI is InChI=1S/C18H21N3O2S/c1-12(18(23)21-10-4-7-14(11-21)17(19)22)24-15-8-2-5-13-6-3-9-20-16(13)15/h2-3,5-6,8-9,12,14H,4,7,10-11H2,1H3,(H2,19,22)/t12-,14-/m0/s1. The van der Waals surface area contributed by atoms with Gasteiger partial charge in [0.15, 0.2) is 0 Å². The van der Waals surface area contributed by atoms with E-state index >= 15 is 0 Å². The molecule has 1 aromatic carbocycles. The third kappa shape index (κ3) is 3.53. The minimum absolute atomic E-state index is 0.0545. The molecule has 2 atom stereocenters. The molecule has 5 nitrogen and oxygen atoms in total. The van der Waals surface area contributed by atoms with Crippen molar-refractivity contribution in [2.24, 2.45) is 11.7 Å². The molecule has 126 valence electrons. The minimum Gasteiger partial charge on any atom is -0.369 e. The monoisotopic (exact) mass is 343 g/mol. The number of benzene rings is 1. The van der Waals surface area contributed by atoms with E-state index in [9.17, 15) is 9.59 Å². The molecule has 1 aromatic heterocycles. The van der Waals surface area contributed by atoms with E-state index in [2.05, 4.69) is 4.98 Å². The lowest BCUT2D eigenvalue weighted by Gasteiger charge is -2.32. The molecule has 0 bridgehead atoms. The smallest absolute Gasteiger partial charge is 0.235 e. The Hall–Kier alpha value is -2.08. The maximum atomic E-state index is 12.7. The van der Waals surface area contributed by atoms with Crippen molar-refractivity contribution >= 4 is 34.5 Å². The van der Waals surface area contributed by atoms with Gasteiger partial charge in [0.1, 0.15) is 0 Å². The van der Waals surface area contributed by atoms with E-state index in [-0.39, 0.29) is 23.0 Å². The fraction of sp³-hybridized carbons (Fsp3) is 0.389. The highest BCUT2D eigenvalue weighted by atomic mass is 32.2. The lowest BCUT2D eigenvalue weighted by atomic mass is 9.97. The van der Waals surface area contributed by atoms with Gasteiger partial charge >= 0.3 is 0 Å². The van der Waals surface area contributed by atoms with Crippen molar-refractivity contribution in [2.45, 2.75) is 29.9 Å². The summed E-state index contributed by atoms with van der Waals surface area (Å²) in [5.41, 5.74) is 6.32. The van der Waals surface area contributed by atoms with Crippen LogP contribution in [0.2, 0.25) is 0 Å². The first-order valence-corrected chi connectivity index (χ1v) is 9.02. The van der Waals surface area contributed by atoms with Gasteiger partial charge in [0, 0.05) is 29.6 Å². The van der Waals surface area contributed by atoms with Crippen LogP contribution in [0.5, 0.6) is 0 Å². The summed E-state index contributed by atoms with van der Waals surface area (Å²) in [5.74, 6) is -0.482. The minimum atomic E-state index is -0.314. The average molecular weight is 343 g/mol. The predicted octanol–water partition coefficient (Wildman–Crippen LogP) is 2.44.